The van der Waals surface area contributed by atoms with Gasteiger partial charge < -0.3 is 10.3 Å². The molecular weight excluding hydrogens is 231 g/mol. The van der Waals surface area contributed by atoms with Crippen molar-refractivity contribution in [2.24, 2.45) is 5.73 Å². The molecule has 0 bridgehead atoms. The lowest BCUT2D eigenvalue weighted by Crippen LogP contribution is -2.28. The van der Waals surface area contributed by atoms with Crippen molar-refractivity contribution in [3.8, 4) is 5.69 Å². The summed E-state index contributed by atoms with van der Waals surface area (Å²) in [6, 6.07) is 3.94. The molecule has 2 N–H and O–H groups in total. The average Bonchev–Trinajstić information content (AvgIpc) is 2.80. The van der Waals surface area contributed by atoms with Crippen LogP contribution < -0.4 is 5.73 Å². The van der Waals surface area contributed by atoms with Gasteiger partial charge in [0, 0.05) is 18.1 Å². The first-order chi connectivity index (χ1) is 7.98. The summed E-state index contributed by atoms with van der Waals surface area (Å²) in [4.78, 5) is 3.85. The van der Waals surface area contributed by atoms with E-state index in [1.165, 1.54) is 12.1 Å². The molecule has 90 valence electrons. The van der Waals surface area contributed by atoms with E-state index in [0.717, 1.165) is 5.69 Å². The fourth-order valence-corrected chi connectivity index (χ4v) is 1.45. The zero-order chi connectivity index (χ0) is 12.5. The molecule has 17 heavy (non-hydrogen) atoms. The summed E-state index contributed by atoms with van der Waals surface area (Å²) in [5.74, 6) is 0. The van der Waals surface area contributed by atoms with Crippen molar-refractivity contribution >= 4 is 0 Å². The number of aromatic nitrogens is 2. The molecule has 0 aliphatic carbocycles. The Labute approximate surface area is 95.7 Å². The molecule has 0 amide bonds. The minimum atomic E-state index is -4.42. The third-order valence-electron chi connectivity index (χ3n) is 2.41. The number of hydrogen-bond donors (Lipinski definition) is 1. The molecule has 0 aliphatic heterocycles. The van der Waals surface area contributed by atoms with Crippen LogP contribution in [-0.2, 0) is 0 Å². The first kappa shape index (κ1) is 11.7. The molecule has 0 saturated heterocycles. The van der Waals surface area contributed by atoms with Gasteiger partial charge >= 0.3 is 6.18 Å². The maximum absolute atomic E-state index is 12.4. The number of rotatable bonds is 2. The van der Waals surface area contributed by atoms with E-state index in [1.807, 2.05) is 0 Å². The Balaban J connectivity index is 2.25. The molecule has 2 aromatic rings. The second-order valence-electron chi connectivity index (χ2n) is 3.58. The van der Waals surface area contributed by atoms with Gasteiger partial charge in [-0.3, -0.25) is 0 Å². The standard InChI is InChI=1S/C11H10F3N3/c12-11(13,14)10(15)8-1-3-9(4-2-8)17-6-5-16-7-17/h1-7,10H,15H2/t10-/m0/s1. The minimum absolute atomic E-state index is 0.0429. The normalized spacial score (nSPS) is 13.6. The minimum Gasteiger partial charge on any atom is -0.316 e. The Kier molecular flexibility index (Phi) is 2.89. The van der Waals surface area contributed by atoms with Gasteiger partial charge in [0.15, 0.2) is 0 Å². The van der Waals surface area contributed by atoms with E-state index in [-0.39, 0.29) is 5.56 Å². The van der Waals surface area contributed by atoms with Gasteiger partial charge in [0.25, 0.3) is 0 Å². The molecule has 0 saturated carbocycles. The number of nitrogens with two attached hydrogens (primary N) is 1. The number of alkyl halides is 3. The quantitative estimate of drug-likeness (QED) is 0.877. The highest BCUT2D eigenvalue weighted by Crippen LogP contribution is 2.30. The maximum Gasteiger partial charge on any atom is 0.407 e. The first-order valence-electron chi connectivity index (χ1n) is 4.89. The Morgan fingerprint density at radius 3 is 2.29 bits per heavy atom. The Morgan fingerprint density at radius 1 is 1.18 bits per heavy atom. The lowest BCUT2D eigenvalue weighted by molar-refractivity contribution is -0.149. The van der Waals surface area contributed by atoms with E-state index in [0.29, 0.717) is 0 Å². The molecule has 0 unspecified atom stereocenters. The van der Waals surface area contributed by atoms with Gasteiger partial charge in [-0.1, -0.05) is 12.1 Å². The zero-order valence-corrected chi connectivity index (χ0v) is 8.72. The topological polar surface area (TPSA) is 43.8 Å². The van der Waals surface area contributed by atoms with Crippen LogP contribution >= 0.6 is 0 Å². The van der Waals surface area contributed by atoms with Gasteiger partial charge in [-0.05, 0) is 17.7 Å². The van der Waals surface area contributed by atoms with Crippen LogP contribution in [-0.4, -0.2) is 15.7 Å². The van der Waals surface area contributed by atoms with Crippen LogP contribution in [0.4, 0.5) is 13.2 Å². The number of hydrogen-bond acceptors (Lipinski definition) is 2. The summed E-state index contributed by atoms with van der Waals surface area (Å²) in [7, 11) is 0. The molecule has 0 spiro atoms. The van der Waals surface area contributed by atoms with Crippen molar-refractivity contribution in [2.45, 2.75) is 12.2 Å². The predicted molar refractivity (Wildman–Crippen MR) is 56.5 cm³/mol. The van der Waals surface area contributed by atoms with Crippen molar-refractivity contribution in [3.63, 3.8) is 0 Å². The largest absolute Gasteiger partial charge is 0.407 e. The number of benzene rings is 1. The monoisotopic (exact) mass is 241 g/mol. The fourth-order valence-electron chi connectivity index (χ4n) is 1.45. The van der Waals surface area contributed by atoms with Crippen LogP contribution in [0.1, 0.15) is 11.6 Å². The van der Waals surface area contributed by atoms with E-state index in [9.17, 15) is 13.2 Å². The van der Waals surface area contributed by atoms with Crippen LogP contribution in [0.2, 0.25) is 0 Å². The van der Waals surface area contributed by atoms with Gasteiger partial charge in [0.2, 0.25) is 0 Å². The summed E-state index contributed by atoms with van der Waals surface area (Å²) in [5.41, 5.74) is 5.88. The maximum atomic E-state index is 12.4. The predicted octanol–water partition coefficient (Wildman–Crippen LogP) is 2.43. The van der Waals surface area contributed by atoms with Crippen molar-refractivity contribution in [1.29, 1.82) is 0 Å². The highest BCUT2D eigenvalue weighted by atomic mass is 19.4. The van der Waals surface area contributed by atoms with Crippen LogP contribution in [0.25, 0.3) is 5.69 Å². The average molecular weight is 241 g/mol. The number of halogens is 3. The summed E-state index contributed by atoms with van der Waals surface area (Å²) >= 11 is 0. The van der Waals surface area contributed by atoms with Gasteiger partial charge in [-0.25, -0.2) is 4.98 Å². The van der Waals surface area contributed by atoms with Crippen LogP contribution in [0.5, 0.6) is 0 Å². The summed E-state index contributed by atoms with van der Waals surface area (Å²) in [6.45, 7) is 0. The van der Waals surface area contributed by atoms with E-state index in [4.69, 9.17) is 5.73 Å². The van der Waals surface area contributed by atoms with E-state index < -0.39 is 12.2 Å². The van der Waals surface area contributed by atoms with Gasteiger partial charge in [-0.2, -0.15) is 13.2 Å². The van der Waals surface area contributed by atoms with Crippen LogP contribution in [0, 0.1) is 0 Å². The van der Waals surface area contributed by atoms with E-state index >= 15 is 0 Å². The van der Waals surface area contributed by atoms with Crippen LogP contribution in [0.3, 0.4) is 0 Å². The first-order valence-corrected chi connectivity index (χ1v) is 4.89. The van der Waals surface area contributed by atoms with E-state index in [1.54, 1.807) is 35.4 Å². The van der Waals surface area contributed by atoms with Gasteiger partial charge in [-0.15, -0.1) is 0 Å². The highest BCUT2D eigenvalue weighted by Gasteiger charge is 2.37. The fraction of sp³-hybridized carbons (Fsp3) is 0.182. The van der Waals surface area contributed by atoms with E-state index in [2.05, 4.69) is 4.98 Å². The molecule has 0 aliphatic rings. The molecule has 1 heterocycles. The van der Waals surface area contributed by atoms with Gasteiger partial charge in [0.05, 0.1) is 6.33 Å². The molecule has 1 aromatic carbocycles. The SMILES string of the molecule is N[C@@H](c1ccc(-n2ccnc2)cc1)C(F)(F)F. The Morgan fingerprint density at radius 2 is 1.82 bits per heavy atom. The molecule has 6 heteroatoms. The Bertz CT molecular complexity index is 474. The lowest BCUT2D eigenvalue weighted by Gasteiger charge is -2.16. The summed E-state index contributed by atoms with van der Waals surface area (Å²) in [6.07, 6.45) is 0.448. The zero-order valence-electron chi connectivity index (χ0n) is 8.72. The summed E-state index contributed by atoms with van der Waals surface area (Å²) in [5, 5.41) is 0. The van der Waals surface area contributed by atoms with Crippen molar-refractivity contribution in [2.75, 3.05) is 0 Å². The van der Waals surface area contributed by atoms with Crippen molar-refractivity contribution < 1.29 is 13.2 Å². The Hall–Kier alpha value is -1.82. The molecule has 1 atom stereocenters. The summed E-state index contributed by atoms with van der Waals surface area (Å²) < 4.78 is 38.8. The van der Waals surface area contributed by atoms with Gasteiger partial charge in [0.1, 0.15) is 6.04 Å². The smallest absolute Gasteiger partial charge is 0.316 e. The molecule has 0 radical (unpaired) electrons. The lowest BCUT2D eigenvalue weighted by atomic mass is 10.1. The second kappa shape index (κ2) is 4.21. The molecule has 1 aromatic heterocycles. The second-order valence-corrected chi connectivity index (χ2v) is 3.58. The molecule has 2 rings (SSSR count). The third kappa shape index (κ3) is 2.47. The van der Waals surface area contributed by atoms with Crippen LogP contribution in [0.15, 0.2) is 43.0 Å². The van der Waals surface area contributed by atoms with Crippen molar-refractivity contribution in [3.05, 3.63) is 48.5 Å². The van der Waals surface area contributed by atoms with Crippen molar-refractivity contribution in [1.82, 2.24) is 9.55 Å². The third-order valence-corrected chi connectivity index (χ3v) is 2.41. The molecule has 3 nitrogen and oxygen atoms in total. The molecular formula is C11H10F3N3. The molecule has 0 fully saturated rings. The highest BCUT2D eigenvalue weighted by molar-refractivity contribution is 5.35. The number of imidazole rings is 1. The number of nitrogens with zero attached hydrogens (tertiary/aromatic N) is 2.